The number of non-ortho nitro benzene ring substituents is 1. The van der Waals surface area contributed by atoms with Gasteiger partial charge in [-0.05, 0) is 66.6 Å². The van der Waals surface area contributed by atoms with Gasteiger partial charge in [0.15, 0.2) is 11.5 Å². The first kappa shape index (κ1) is 24.9. The second-order valence-corrected chi connectivity index (χ2v) is 7.72. The van der Waals surface area contributed by atoms with Gasteiger partial charge in [0, 0.05) is 18.2 Å². The van der Waals surface area contributed by atoms with Gasteiger partial charge in [0.25, 0.3) is 17.5 Å². The Balaban J connectivity index is 1.50. The van der Waals surface area contributed by atoms with E-state index in [0.29, 0.717) is 16.8 Å². The van der Waals surface area contributed by atoms with Crippen LogP contribution in [0, 0.1) is 10.1 Å². The molecule has 0 bridgehead atoms. The van der Waals surface area contributed by atoms with E-state index in [0.717, 1.165) is 0 Å². The number of nitrogens with zero attached hydrogens (tertiary/aromatic N) is 2. The number of carbonyl (C=O) groups is 3. The highest BCUT2D eigenvalue weighted by Gasteiger charge is 2.34. The molecule has 0 saturated carbocycles. The van der Waals surface area contributed by atoms with Gasteiger partial charge in [-0.3, -0.25) is 25.1 Å². The van der Waals surface area contributed by atoms with Crippen molar-refractivity contribution in [2.75, 3.05) is 11.6 Å². The van der Waals surface area contributed by atoms with Gasteiger partial charge in [-0.25, -0.2) is 9.80 Å². The van der Waals surface area contributed by atoms with Crippen LogP contribution in [-0.4, -0.2) is 29.3 Å². The minimum absolute atomic E-state index is 0.0536. The number of anilines is 1. The summed E-state index contributed by atoms with van der Waals surface area (Å²) in [5.41, 5.74) is 4.04. The number of nitrogens with one attached hydrogen (secondary N) is 1. The van der Waals surface area contributed by atoms with Crippen molar-refractivity contribution in [1.82, 2.24) is 5.43 Å². The van der Waals surface area contributed by atoms with Crippen LogP contribution in [0.3, 0.4) is 0 Å². The summed E-state index contributed by atoms with van der Waals surface area (Å²) in [5, 5.41) is 11.9. The molecule has 0 aromatic heterocycles. The molecule has 10 heteroatoms. The maximum atomic E-state index is 12.8. The van der Waals surface area contributed by atoms with Crippen LogP contribution in [0.25, 0.3) is 12.2 Å². The van der Waals surface area contributed by atoms with Crippen LogP contribution in [0.15, 0.2) is 84.4 Å². The first-order valence-corrected chi connectivity index (χ1v) is 11.2. The van der Waals surface area contributed by atoms with Crippen molar-refractivity contribution >= 4 is 41.3 Å². The lowest BCUT2D eigenvalue weighted by atomic mass is 10.1. The number of nitro groups is 1. The van der Waals surface area contributed by atoms with Gasteiger partial charge in [-0.1, -0.05) is 24.3 Å². The summed E-state index contributed by atoms with van der Waals surface area (Å²) >= 11 is 0. The standard InChI is InChI=1S/C27H21N3O7/c1-2-36-24-17-19(16-22-26(32)28-29(27(22)33)20-6-4-3-5-7-20)10-14-23(24)37-25(31)15-11-18-8-12-21(13-9-18)30(34)35/h3-17H,2H2,1H3,(H,28,32)/b15-11+,22-16-. The molecule has 3 aromatic rings. The molecule has 3 aromatic carbocycles. The SMILES string of the molecule is CCOc1cc(/C=C2/C(=O)NN(c3ccccc3)C2=O)ccc1OC(=O)/C=C/c1ccc([N+](=O)[O-])cc1. The number of hydrogen-bond acceptors (Lipinski definition) is 7. The number of hydrogen-bond donors (Lipinski definition) is 1. The molecule has 2 amide bonds. The average molecular weight is 499 g/mol. The number of para-hydroxylation sites is 1. The molecule has 1 saturated heterocycles. The fraction of sp³-hybridized carbons (Fsp3) is 0.0741. The van der Waals surface area contributed by atoms with Gasteiger partial charge in [-0.15, -0.1) is 0 Å². The summed E-state index contributed by atoms with van der Waals surface area (Å²) < 4.78 is 11.0. The quantitative estimate of drug-likeness (QED) is 0.124. The summed E-state index contributed by atoms with van der Waals surface area (Å²) in [5.74, 6) is -1.33. The number of ether oxygens (including phenoxy) is 2. The molecule has 0 radical (unpaired) electrons. The number of benzene rings is 3. The van der Waals surface area contributed by atoms with Crippen molar-refractivity contribution < 1.29 is 28.8 Å². The van der Waals surface area contributed by atoms with E-state index in [1.54, 1.807) is 49.4 Å². The molecule has 0 spiro atoms. The Bertz CT molecular complexity index is 1410. The van der Waals surface area contributed by atoms with E-state index in [1.807, 2.05) is 0 Å². The number of rotatable bonds is 8. The van der Waals surface area contributed by atoms with E-state index in [-0.39, 0.29) is 29.4 Å². The number of carbonyl (C=O) groups excluding carboxylic acids is 3. The third-order valence-electron chi connectivity index (χ3n) is 5.21. The van der Waals surface area contributed by atoms with Gasteiger partial charge >= 0.3 is 5.97 Å². The van der Waals surface area contributed by atoms with Gasteiger partial charge in [-0.2, -0.15) is 0 Å². The van der Waals surface area contributed by atoms with Crippen molar-refractivity contribution in [3.05, 3.63) is 106 Å². The molecular weight excluding hydrogens is 478 g/mol. The first-order valence-electron chi connectivity index (χ1n) is 11.2. The predicted octanol–water partition coefficient (Wildman–Crippen LogP) is 4.07. The molecule has 1 aliphatic rings. The largest absolute Gasteiger partial charge is 0.490 e. The van der Waals surface area contributed by atoms with Crippen LogP contribution in [0.4, 0.5) is 11.4 Å². The third kappa shape index (κ3) is 5.88. The third-order valence-corrected chi connectivity index (χ3v) is 5.21. The van der Waals surface area contributed by atoms with E-state index in [1.165, 1.54) is 53.6 Å². The van der Waals surface area contributed by atoms with Crippen LogP contribution in [0.2, 0.25) is 0 Å². The Labute approximate surface area is 211 Å². The lowest BCUT2D eigenvalue weighted by molar-refractivity contribution is -0.384. The highest BCUT2D eigenvalue weighted by atomic mass is 16.6. The molecule has 1 fully saturated rings. The minimum Gasteiger partial charge on any atom is -0.490 e. The number of hydrazine groups is 1. The normalized spacial score (nSPS) is 14.2. The maximum absolute atomic E-state index is 12.8. The van der Waals surface area contributed by atoms with Crippen LogP contribution in [0.5, 0.6) is 11.5 Å². The second-order valence-electron chi connectivity index (χ2n) is 7.72. The van der Waals surface area contributed by atoms with Crippen LogP contribution in [0.1, 0.15) is 18.1 Å². The number of amides is 2. The van der Waals surface area contributed by atoms with E-state index in [9.17, 15) is 24.5 Å². The highest BCUT2D eigenvalue weighted by molar-refractivity contribution is 6.31. The van der Waals surface area contributed by atoms with Crippen molar-refractivity contribution in [3.8, 4) is 11.5 Å². The van der Waals surface area contributed by atoms with Gasteiger partial charge < -0.3 is 9.47 Å². The van der Waals surface area contributed by atoms with Crippen molar-refractivity contribution in [2.24, 2.45) is 0 Å². The van der Waals surface area contributed by atoms with Crippen molar-refractivity contribution in [1.29, 1.82) is 0 Å². The molecule has 0 aliphatic carbocycles. The topological polar surface area (TPSA) is 128 Å². The fourth-order valence-corrected chi connectivity index (χ4v) is 3.46. The van der Waals surface area contributed by atoms with Crippen molar-refractivity contribution in [3.63, 3.8) is 0 Å². The minimum atomic E-state index is -0.686. The monoisotopic (exact) mass is 499 g/mol. The van der Waals surface area contributed by atoms with E-state index in [2.05, 4.69) is 5.43 Å². The zero-order chi connectivity index (χ0) is 26.4. The zero-order valence-electron chi connectivity index (χ0n) is 19.6. The Morgan fingerprint density at radius 3 is 2.38 bits per heavy atom. The summed E-state index contributed by atoms with van der Waals surface area (Å²) in [7, 11) is 0. The first-order chi connectivity index (χ1) is 17.9. The lowest BCUT2D eigenvalue weighted by Gasteiger charge is -2.13. The summed E-state index contributed by atoms with van der Waals surface area (Å²) in [6.07, 6.45) is 4.09. The van der Waals surface area contributed by atoms with Crippen LogP contribution < -0.4 is 19.9 Å². The molecule has 186 valence electrons. The maximum Gasteiger partial charge on any atom is 0.336 e. The van der Waals surface area contributed by atoms with Crippen LogP contribution in [-0.2, 0) is 14.4 Å². The number of nitro benzene ring substituents is 1. The van der Waals surface area contributed by atoms with Gasteiger partial charge in [0.2, 0.25) is 0 Å². The average Bonchev–Trinajstić information content (AvgIpc) is 3.18. The molecule has 37 heavy (non-hydrogen) atoms. The zero-order valence-corrected chi connectivity index (χ0v) is 19.6. The van der Waals surface area contributed by atoms with E-state index >= 15 is 0 Å². The number of esters is 1. The molecule has 10 nitrogen and oxygen atoms in total. The van der Waals surface area contributed by atoms with Gasteiger partial charge in [0.05, 0.1) is 17.2 Å². The fourth-order valence-electron chi connectivity index (χ4n) is 3.46. The molecule has 0 unspecified atom stereocenters. The lowest BCUT2D eigenvalue weighted by Crippen LogP contribution is -2.35. The summed E-state index contributed by atoms with van der Waals surface area (Å²) in [4.78, 5) is 47.9. The highest BCUT2D eigenvalue weighted by Crippen LogP contribution is 2.30. The Morgan fingerprint density at radius 2 is 1.70 bits per heavy atom. The van der Waals surface area contributed by atoms with Crippen LogP contribution >= 0.6 is 0 Å². The van der Waals surface area contributed by atoms with E-state index in [4.69, 9.17) is 9.47 Å². The molecule has 1 aliphatic heterocycles. The van der Waals surface area contributed by atoms with E-state index < -0.39 is 22.7 Å². The molecule has 1 N–H and O–H groups in total. The molecule has 0 atom stereocenters. The molecule has 1 heterocycles. The Morgan fingerprint density at radius 1 is 1.00 bits per heavy atom. The second kappa shape index (κ2) is 11.0. The summed E-state index contributed by atoms with van der Waals surface area (Å²) in [6, 6.07) is 19.1. The smallest absolute Gasteiger partial charge is 0.336 e. The molecular formula is C27H21N3O7. The Kier molecular flexibility index (Phi) is 7.39. The summed E-state index contributed by atoms with van der Waals surface area (Å²) in [6.45, 7) is 2.04. The Hall–Kier alpha value is -5.25. The van der Waals surface area contributed by atoms with Crippen molar-refractivity contribution in [2.45, 2.75) is 6.92 Å². The predicted molar refractivity (Wildman–Crippen MR) is 135 cm³/mol. The molecule has 4 rings (SSSR count). The van der Waals surface area contributed by atoms with Gasteiger partial charge in [0.1, 0.15) is 5.57 Å².